The van der Waals surface area contributed by atoms with E-state index in [1.807, 2.05) is 55.0 Å². The fourth-order valence-corrected chi connectivity index (χ4v) is 4.52. The highest BCUT2D eigenvalue weighted by atomic mass is 32.2. The van der Waals surface area contributed by atoms with Crippen molar-refractivity contribution >= 4 is 23.4 Å². The molecular weight excluding hydrogens is 368 g/mol. The minimum absolute atomic E-state index is 0.0494. The van der Waals surface area contributed by atoms with Gasteiger partial charge >= 0.3 is 0 Å². The number of rotatable bonds is 9. The summed E-state index contributed by atoms with van der Waals surface area (Å²) in [6.07, 6.45) is 11.6. The first-order valence-electron chi connectivity index (χ1n) is 9.48. The maximum absolute atomic E-state index is 11.2. The van der Waals surface area contributed by atoms with Crippen molar-refractivity contribution in [2.75, 3.05) is 5.32 Å². The number of amides is 1. The first-order chi connectivity index (χ1) is 13.6. The second-order valence-corrected chi connectivity index (χ2v) is 8.50. The molecule has 1 amide bonds. The van der Waals surface area contributed by atoms with Crippen LogP contribution in [-0.2, 0) is 17.8 Å². The second kappa shape index (κ2) is 10.1. The zero-order chi connectivity index (χ0) is 19.8. The smallest absolute Gasteiger partial charge is 0.221 e. The minimum Gasteiger partial charge on any atom is -0.336 e. The van der Waals surface area contributed by atoms with Crippen LogP contribution in [0.5, 0.6) is 0 Å². The number of imidazole rings is 1. The van der Waals surface area contributed by atoms with E-state index < -0.39 is 0 Å². The Morgan fingerprint density at radius 3 is 2.50 bits per heavy atom. The van der Waals surface area contributed by atoms with Gasteiger partial charge in [0.15, 0.2) is 0 Å². The summed E-state index contributed by atoms with van der Waals surface area (Å²) >= 11 is 1.98. The Morgan fingerprint density at radius 2 is 1.86 bits per heavy atom. The molecule has 3 aromatic rings. The topological polar surface area (TPSA) is 59.8 Å². The lowest BCUT2D eigenvalue weighted by atomic mass is 10.1. The van der Waals surface area contributed by atoms with Crippen LogP contribution in [0.3, 0.4) is 0 Å². The average Bonchev–Trinajstić information content (AvgIpc) is 3.20. The number of aromatic nitrogens is 3. The molecule has 1 aromatic carbocycles. The number of nitrogens with zero attached hydrogens (tertiary/aromatic N) is 3. The van der Waals surface area contributed by atoms with Crippen molar-refractivity contribution in [1.29, 1.82) is 0 Å². The SMILES string of the molecule is CC(=O)Nc1ccc(C(C)SC(CCc2ccncc2)Cn2ccnc2)cc1. The summed E-state index contributed by atoms with van der Waals surface area (Å²) in [6, 6.07) is 12.3. The summed E-state index contributed by atoms with van der Waals surface area (Å²) in [5, 5.41) is 3.64. The third-order valence-electron chi connectivity index (χ3n) is 4.58. The molecule has 0 bridgehead atoms. The normalized spacial score (nSPS) is 13.1. The molecule has 5 nitrogen and oxygen atoms in total. The highest BCUT2D eigenvalue weighted by Crippen LogP contribution is 2.35. The van der Waals surface area contributed by atoms with E-state index >= 15 is 0 Å². The van der Waals surface area contributed by atoms with E-state index in [1.54, 1.807) is 0 Å². The molecule has 2 aromatic heterocycles. The quantitative estimate of drug-likeness (QED) is 0.570. The van der Waals surface area contributed by atoms with Crippen molar-refractivity contribution in [1.82, 2.24) is 14.5 Å². The van der Waals surface area contributed by atoms with Crippen molar-refractivity contribution in [3.8, 4) is 0 Å². The molecule has 6 heteroatoms. The zero-order valence-electron chi connectivity index (χ0n) is 16.3. The molecular formula is C22H26N4OS. The number of aryl methyl sites for hydroxylation is 1. The lowest BCUT2D eigenvalue weighted by Gasteiger charge is -2.22. The van der Waals surface area contributed by atoms with Crippen LogP contribution in [0.15, 0.2) is 67.5 Å². The summed E-state index contributed by atoms with van der Waals surface area (Å²) in [6.45, 7) is 4.70. The summed E-state index contributed by atoms with van der Waals surface area (Å²) in [5.41, 5.74) is 3.42. The summed E-state index contributed by atoms with van der Waals surface area (Å²) in [7, 11) is 0. The van der Waals surface area contributed by atoms with Crippen molar-refractivity contribution in [2.24, 2.45) is 0 Å². The Labute approximate surface area is 170 Å². The van der Waals surface area contributed by atoms with Crippen molar-refractivity contribution in [3.05, 3.63) is 78.6 Å². The number of thioether (sulfide) groups is 1. The lowest BCUT2D eigenvalue weighted by Crippen LogP contribution is -2.14. The van der Waals surface area contributed by atoms with Gasteiger partial charge in [0.1, 0.15) is 0 Å². The van der Waals surface area contributed by atoms with Gasteiger partial charge in [-0.05, 0) is 55.2 Å². The Balaban J connectivity index is 1.64. The van der Waals surface area contributed by atoms with Crippen LogP contribution in [0.1, 0.15) is 36.6 Å². The Hall–Kier alpha value is -2.60. The van der Waals surface area contributed by atoms with E-state index in [2.05, 4.69) is 51.0 Å². The number of pyridine rings is 1. The van der Waals surface area contributed by atoms with Gasteiger partial charge in [0, 0.05) is 54.4 Å². The van der Waals surface area contributed by atoms with Crippen LogP contribution in [0.25, 0.3) is 0 Å². The van der Waals surface area contributed by atoms with Crippen molar-refractivity contribution in [2.45, 2.75) is 43.7 Å². The lowest BCUT2D eigenvalue weighted by molar-refractivity contribution is -0.114. The Morgan fingerprint density at radius 1 is 1.11 bits per heavy atom. The van der Waals surface area contributed by atoms with E-state index in [4.69, 9.17) is 0 Å². The molecule has 146 valence electrons. The first kappa shape index (κ1) is 20.1. The predicted molar refractivity (Wildman–Crippen MR) is 115 cm³/mol. The van der Waals surface area contributed by atoms with Gasteiger partial charge in [0.2, 0.25) is 5.91 Å². The van der Waals surface area contributed by atoms with E-state index in [0.29, 0.717) is 10.5 Å². The molecule has 0 aliphatic heterocycles. The van der Waals surface area contributed by atoms with Gasteiger partial charge < -0.3 is 9.88 Å². The number of hydrogen-bond donors (Lipinski definition) is 1. The molecule has 0 saturated heterocycles. The average molecular weight is 395 g/mol. The molecule has 2 heterocycles. The van der Waals surface area contributed by atoms with Crippen LogP contribution >= 0.6 is 11.8 Å². The number of anilines is 1. The van der Waals surface area contributed by atoms with Crippen molar-refractivity contribution < 1.29 is 4.79 Å². The predicted octanol–water partition coefficient (Wildman–Crippen LogP) is 4.73. The minimum atomic E-state index is -0.0494. The molecule has 0 fully saturated rings. The highest BCUT2D eigenvalue weighted by molar-refractivity contribution is 8.00. The van der Waals surface area contributed by atoms with Crippen molar-refractivity contribution in [3.63, 3.8) is 0 Å². The van der Waals surface area contributed by atoms with Crippen LogP contribution in [0.2, 0.25) is 0 Å². The van der Waals surface area contributed by atoms with Gasteiger partial charge in [0.05, 0.1) is 6.33 Å². The monoisotopic (exact) mass is 394 g/mol. The molecule has 2 unspecified atom stereocenters. The van der Waals surface area contributed by atoms with Gasteiger partial charge in [-0.2, -0.15) is 0 Å². The molecule has 2 atom stereocenters. The van der Waals surface area contributed by atoms with Crippen LogP contribution in [0.4, 0.5) is 5.69 Å². The number of hydrogen-bond acceptors (Lipinski definition) is 4. The maximum atomic E-state index is 11.2. The number of benzene rings is 1. The van der Waals surface area contributed by atoms with E-state index in [-0.39, 0.29) is 5.91 Å². The largest absolute Gasteiger partial charge is 0.336 e. The standard InChI is InChI=1S/C22H26N4OS/c1-17(20-4-6-21(7-5-20)25-18(2)27)28-22(15-26-14-13-24-16-26)8-3-19-9-11-23-12-10-19/h4-7,9-14,16-17,22H,3,8,15H2,1-2H3,(H,25,27). The fraction of sp³-hybridized carbons (Fsp3) is 0.318. The summed E-state index contributed by atoms with van der Waals surface area (Å²) in [4.78, 5) is 19.5. The molecule has 0 saturated carbocycles. The van der Waals surface area contributed by atoms with Gasteiger partial charge in [-0.3, -0.25) is 9.78 Å². The highest BCUT2D eigenvalue weighted by Gasteiger charge is 2.16. The number of carbonyl (C=O) groups excluding carboxylic acids is 1. The van der Waals surface area contributed by atoms with Gasteiger partial charge in [0.25, 0.3) is 0 Å². The molecule has 1 N–H and O–H groups in total. The van der Waals surface area contributed by atoms with Crippen LogP contribution < -0.4 is 5.32 Å². The van der Waals surface area contributed by atoms with Gasteiger partial charge in [-0.25, -0.2) is 4.98 Å². The van der Waals surface area contributed by atoms with E-state index in [0.717, 1.165) is 25.1 Å². The molecule has 0 aliphatic rings. The Bertz CT molecular complexity index is 850. The third kappa shape index (κ3) is 6.23. The second-order valence-electron chi connectivity index (χ2n) is 6.86. The zero-order valence-corrected chi connectivity index (χ0v) is 17.1. The molecule has 0 aliphatic carbocycles. The molecule has 28 heavy (non-hydrogen) atoms. The third-order valence-corrected chi connectivity index (χ3v) is 6.03. The van der Waals surface area contributed by atoms with E-state index in [1.165, 1.54) is 18.1 Å². The van der Waals surface area contributed by atoms with E-state index in [9.17, 15) is 4.79 Å². The maximum Gasteiger partial charge on any atom is 0.221 e. The summed E-state index contributed by atoms with van der Waals surface area (Å²) in [5.74, 6) is -0.0494. The molecule has 0 radical (unpaired) electrons. The Kier molecular flexibility index (Phi) is 7.25. The number of nitrogens with one attached hydrogen (secondary N) is 1. The van der Waals surface area contributed by atoms with Gasteiger partial charge in [-0.15, -0.1) is 11.8 Å². The molecule has 0 spiro atoms. The van der Waals surface area contributed by atoms with Crippen LogP contribution in [0, 0.1) is 0 Å². The fourth-order valence-electron chi connectivity index (χ4n) is 3.12. The van der Waals surface area contributed by atoms with Crippen LogP contribution in [-0.4, -0.2) is 25.7 Å². The number of carbonyl (C=O) groups is 1. The summed E-state index contributed by atoms with van der Waals surface area (Å²) < 4.78 is 2.15. The van der Waals surface area contributed by atoms with Gasteiger partial charge in [-0.1, -0.05) is 12.1 Å². The first-order valence-corrected chi connectivity index (χ1v) is 10.4. The molecule has 3 rings (SSSR count).